The summed E-state index contributed by atoms with van der Waals surface area (Å²) >= 11 is 0. The highest BCUT2D eigenvalue weighted by Crippen LogP contribution is 2.44. The fraction of sp³-hybridized carbons (Fsp3) is 0.333. The van der Waals surface area contributed by atoms with Crippen LogP contribution in [0.4, 0.5) is 0 Å². The first-order valence-corrected chi connectivity index (χ1v) is 9.99. The topological polar surface area (TPSA) is 86.6 Å². The van der Waals surface area contributed by atoms with Gasteiger partial charge in [-0.1, -0.05) is 42.9 Å². The summed E-state index contributed by atoms with van der Waals surface area (Å²) in [4.78, 5) is 26.0. The third-order valence-electron chi connectivity index (χ3n) is 6.26. The highest BCUT2D eigenvalue weighted by molar-refractivity contribution is 6.23. The Bertz CT molecular complexity index is 981. The van der Waals surface area contributed by atoms with E-state index in [9.17, 15) is 19.8 Å². The molecule has 4 unspecified atom stereocenters. The molecule has 0 saturated heterocycles. The van der Waals surface area contributed by atoms with Crippen LogP contribution < -0.4 is 5.32 Å². The van der Waals surface area contributed by atoms with E-state index in [1.165, 1.54) is 17.7 Å². The van der Waals surface area contributed by atoms with Gasteiger partial charge in [0.25, 0.3) is 5.91 Å². The third-order valence-corrected chi connectivity index (χ3v) is 6.26. The van der Waals surface area contributed by atoms with E-state index in [4.69, 9.17) is 0 Å². The Morgan fingerprint density at radius 2 is 1.90 bits per heavy atom. The average molecular weight is 391 g/mol. The van der Waals surface area contributed by atoms with E-state index in [1.54, 1.807) is 18.2 Å². The van der Waals surface area contributed by atoms with E-state index in [2.05, 4.69) is 30.5 Å². The summed E-state index contributed by atoms with van der Waals surface area (Å²) in [7, 11) is 0. The van der Waals surface area contributed by atoms with Crippen molar-refractivity contribution in [2.45, 2.75) is 26.7 Å². The van der Waals surface area contributed by atoms with Gasteiger partial charge in [0.1, 0.15) is 11.3 Å². The van der Waals surface area contributed by atoms with Crippen LogP contribution in [0, 0.1) is 23.7 Å². The molecule has 3 aliphatic rings. The van der Waals surface area contributed by atoms with Gasteiger partial charge in [0, 0.05) is 5.92 Å². The van der Waals surface area contributed by atoms with Gasteiger partial charge in [0.15, 0.2) is 11.5 Å². The standard InChI is InChI=1S/C24H25NO4/c1-13-3-10-18-16(11-13)7-4-14(2)20(18)23(28)21-22(27)19(25-24(21)29)12-15-5-8-17(26)9-6-15/h3-9,12,14,16,18,20,26-27H,10-11H2,1-2H3,(H,25,29). The first-order chi connectivity index (χ1) is 13.8. The molecule has 0 saturated carbocycles. The summed E-state index contributed by atoms with van der Waals surface area (Å²) in [5, 5.41) is 22.7. The molecular weight excluding hydrogens is 366 g/mol. The summed E-state index contributed by atoms with van der Waals surface area (Å²) in [5.74, 6) is -0.891. The zero-order valence-electron chi connectivity index (χ0n) is 16.6. The Hall–Kier alpha value is -3.08. The van der Waals surface area contributed by atoms with Crippen molar-refractivity contribution in [3.05, 3.63) is 70.7 Å². The number of phenols is 1. The number of rotatable bonds is 3. The molecule has 1 aromatic carbocycles. The van der Waals surface area contributed by atoms with Crippen molar-refractivity contribution in [1.82, 2.24) is 5.32 Å². The number of allylic oxidation sites excluding steroid dienone is 4. The number of nitrogens with one attached hydrogen (secondary N) is 1. The van der Waals surface area contributed by atoms with Crippen LogP contribution in [0.2, 0.25) is 0 Å². The molecule has 1 heterocycles. The summed E-state index contributed by atoms with van der Waals surface area (Å²) in [6.07, 6.45) is 9.79. The number of benzene rings is 1. The maximum Gasteiger partial charge on any atom is 0.263 e. The second-order valence-corrected chi connectivity index (χ2v) is 8.28. The number of hydrogen-bond donors (Lipinski definition) is 3. The SMILES string of the molecule is CC1=CCC2C(C=CC(C)C2C(=O)C2=C(O)C(=Cc3ccc(O)cc3)NC2=O)C1. The maximum absolute atomic E-state index is 13.4. The molecule has 1 amide bonds. The lowest BCUT2D eigenvalue weighted by atomic mass is 9.63. The number of phenolic OH excluding ortho intramolecular Hbond substituents is 1. The monoisotopic (exact) mass is 391 g/mol. The molecule has 1 aromatic rings. The lowest BCUT2D eigenvalue weighted by Crippen LogP contribution is -2.39. The number of aliphatic hydroxyl groups excluding tert-OH is 1. The Morgan fingerprint density at radius 3 is 2.62 bits per heavy atom. The normalized spacial score (nSPS) is 30.2. The average Bonchev–Trinajstić information content (AvgIpc) is 2.96. The predicted molar refractivity (Wildman–Crippen MR) is 111 cm³/mol. The van der Waals surface area contributed by atoms with Crippen LogP contribution in [0.3, 0.4) is 0 Å². The van der Waals surface area contributed by atoms with Crippen LogP contribution in [-0.4, -0.2) is 21.9 Å². The minimum atomic E-state index is -0.557. The highest BCUT2D eigenvalue weighted by Gasteiger charge is 2.44. The smallest absolute Gasteiger partial charge is 0.263 e. The number of ketones is 1. The van der Waals surface area contributed by atoms with Crippen molar-refractivity contribution in [2.24, 2.45) is 23.7 Å². The van der Waals surface area contributed by atoms with Gasteiger partial charge in [-0.2, -0.15) is 0 Å². The van der Waals surface area contributed by atoms with Crippen LogP contribution in [-0.2, 0) is 9.59 Å². The Labute approximate surface area is 170 Å². The van der Waals surface area contributed by atoms with Gasteiger partial charge in [-0.15, -0.1) is 0 Å². The number of carbonyl (C=O) groups is 2. The van der Waals surface area contributed by atoms with Crippen molar-refractivity contribution in [2.75, 3.05) is 0 Å². The van der Waals surface area contributed by atoms with Gasteiger partial charge in [0.05, 0.1) is 5.70 Å². The van der Waals surface area contributed by atoms with Crippen molar-refractivity contribution in [1.29, 1.82) is 0 Å². The molecule has 1 aliphatic heterocycles. The second kappa shape index (κ2) is 7.39. The van der Waals surface area contributed by atoms with Gasteiger partial charge in [0.2, 0.25) is 0 Å². The van der Waals surface area contributed by atoms with E-state index in [0.29, 0.717) is 11.5 Å². The maximum atomic E-state index is 13.4. The van der Waals surface area contributed by atoms with E-state index in [1.807, 2.05) is 6.92 Å². The van der Waals surface area contributed by atoms with Crippen LogP contribution >= 0.6 is 0 Å². The molecule has 0 bridgehead atoms. The third kappa shape index (κ3) is 3.53. The fourth-order valence-corrected chi connectivity index (χ4v) is 4.73. The van der Waals surface area contributed by atoms with E-state index in [-0.39, 0.29) is 46.3 Å². The number of Topliss-reactive ketones (excluding diaryl/α,β-unsaturated/α-hetero) is 1. The first kappa shape index (κ1) is 19.2. The van der Waals surface area contributed by atoms with Crippen LogP contribution in [0.5, 0.6) is 5.75 Å². The number of carbonyl (C=O) groups excluding carboxylic acids is 2. The first-order valence-electron chi connectivity index (χ1n) is 9.99. The molecular formula is C24H25NO4. The predicted octanol–water partition coefficient (Wildman–Crippen LogP) is 4.04. The van der Waals surface area contributed by atoms with Gasteiger partial charge in [-0.05, 0) is 61.3 Å². The van der Waals surface area contributed by atoms with Crippen LogP contribution in [0.25, 0.3) is 6.08 Å². The van der Waals surface area contributed by atoms with E-state index < -0.39 is 5.91 Å². The quantitative estimate of drug-likeness (QED) is 0.536. The van der Waals surface area contributed by atoms with Gasteiger partial charge in [-0.25, -0.2) is 0 Å². The number of amides is 1. The van der Waals surface area contributed by atoms with Crippen LogP contribution in [0.15, 0.2) is 65.1 Å². The fourth-order valence-electron chi connectivity index (χ4n) is 4.73. The summed E-state index contributed by atoms with van der Waals surface area (Å²) < 4.78 is 0. The summed E-state index contributed by atoms with van der Waals surface area (Å²) in [5.41, 5.74) is 2.09. The molecule has 3 N–H and O–H groups in total. The van der Waals surface area contributed by atoms with Gasteiger partial charge >= 0.3 is 0 Å². The summed E-state index contributed by atoms with van der Waals surface area (Å²) in [6.45, 7) is 4.11. The summed E-state index contributed by atoms with van der Waals surface area (Å²) in [6, 6.07) is 6.36. The largest absolute Gasteiger partial charge is 0.508 e. The molecule has 5 nitrogen and oxygen atoms in total. The van der Waals surface area contributed by atoms with Crippen molar-refractivity contribution < 1.29 is 19.8 Å². The molecule has 29 heavy (non-hydrogen) atoms. The van der Waals surface area contributed by atoms with E-state index >= 15 is 0 Å². The molecule has 0 aromatic heterocycles. The van der Waals surface area contributed by atoms with Crippen LogP contribution in [0.1, 0.15) is 32.3 Å². The van der Waals surface area contributed by atoms with Gasteiger partial charge < -0.3 is 15.5 Å². The molecule has 2 aliphatic carbocycles. The number of hydrogen-bond acceptors (Lipinski definition) is 4. The molecule has 5 heteroatoms. The zero-order chi connectivity index (χ0) is 20.7. The van der Waals surface area contributed by atoms with Crippen molar-refractivity contribution in [3.8, 4) is 5.75 Å². The molecule has 4 rings (SSSR count). The number of fused-ring (bicyclic) bond motifs is 1. The Kier molecular flexibility index (Phi) is 4.91. The minimum Gasteiger partial charge on any atom is -0.508 e. The number of aliphatic hydroxyl groups is 1. The second-order valence-electron chi connectivity index (χ2n) is 8.28. The molecule has 0 spiro atoms. The Morgan fingerprint density at radius 1 is 1.17 bits per heavy atom. The van der Waals surface area contributed by atoms with Gasteiger partial charge in [-0.3, -0.25) is 9.59 Å². The lowest BCUT2D eigenvalue weighted by molar-refractivity contribution is -0.126. The minimum absolute atomic E-state index is 0.00813. The lowest BCUT2D eigenvalue weighted by Gasteiger charge is -2.39. The molecule has 4 atom stereocenters. The van der Waals surface area contributed by atoms with Crippen molar-refractivity contribution in [3.63, 3.8) is 0 Å². The Balaban J connectivity index is 1.66. The molecule has 0 fully saturated rings. The highest BCUT2D eigenvalue weighted by atomic mass is 16.3. The molecule has 150 valence electrons. The van der Waals surface area contributed by atoms with E-state index in [0.717, 1.165) is 12.8 Å². The number of aromatic hydroxyl groups is 1. The molecule has 0 radical (unpaired) electrons. The van der Waals surface area contributed by atoms with Crippen molar-refractivity contribution >= 4 is 17.8 Å². The zero-order valence-corrected chi connectivity index (χ0v) is 16.6.